The first-order chi connectivity index (χ1) is 49.0. The summed E-state index contributed by atoms with van der Waals surface area (Å²) in [4.78, 5) is 27.5. The summed E-state index contributed by atoms with van der Waals surface area (Å²) < 4.78 is 101. The molecular weight excluding hydrogens is 1320 g/mol. The van der Waals surface area contributed by atoms with Gasteiger partial charge in [-0.3, -0.25) is 14.0 Å². The van der Waals surface area contributed by atoms with Gasteiger partial charge in [-0.25, -0.2) is 14.0 Å². The number of hydrogen-bond donors (Lipinski definition) is 2. The van der Waals surface area contributed by atoms with Gasteiger partial charge in [-0.05, 0) is 167 Å². The highest BCUT2D eigenvalue weighted by atomic mass is 32.2. The van der Waals surface area contributed by atoms with Gasteiger partial charge >= 0.3 is 12.2 Å². The average Bonchev–Trinajstić information content (AvgIpc) is 0.867. The first-order valence-corrected chi connectivity index (χ1v) is 35.2. The van der Waals surface area contributed by atoms with Gasteiger partial charge in [-0.1, -0.05) is 127 Å². The number of aliphatic hydroxyl groups excluding tert-OH is 1. The van der Waals surface area contributed by atoms with Crippen LogP contribution in [0.5, 0.6) is 17.2 Å². The lowest BCUT2D eigenvalue weighted by atomic mass is 10.1. The van der Waals surface area contributed by atoms with Crippen LogP contribution in [0.4, 0.5) is 31.0 Å². The molecule has 0 aliphatic heterocycles. The van der Waals surface area contributed by atoms with E-state index in [4.69, 9.17) is 61.4 Å². The maximum atomic E-state index is 12.3. The second kappa shape index (κ2) is 46.5. The molecule has 2 amide bonds. The lowest BCUT2D eigenvalue weighted by Crippen LogP contribution is -2.34. The van der Waals surface area contributed by atoms with E-state index in [0.29, 0.717) is 85.9 Å². The number of halogens is 1. The molecule has 7 aromatic carbocycles. The first kappa shape index (κ1) is 83.7. The molecule has 0 aliphatic carbocycles. The zero-order valence-corrected chi connectivity index (χ0v) is 61.3. The number of nitrogens with one attached hydrogen (secondary N) is 1. The third-order valence-corrected chi connectivity index (χ3v) is 15.3. The number of alkyl halides is 1. The maximum Gasteiger partial charge on any atom is 0.414 e. The number of nitrogens with zero attached hydrogens (tertiary/aromatic N) is 2. The highest BCUT2D eigenvalue weighted by Crippen LogP contribution is 2.23. The number of aliphatic hydroxyl groups is 1. The fourth-order valence-electron chi connectivity index (χ4n) is 8.57. The van der Waals surface area contributed by atoms with E-state index in [2.05, 4.69) is 29.6 Å². The van der Waals surface area contributed by atoms with Crippen LogP contribution in [0.3, 0.4) is 0 Å². The van der Waals surface area contributed by atoms with Crippen LogP contribution in [0.1, 0.15) is 80.5 Å². The van der Waals surface area contributed by atoms with E-state index >= 15 is 0 Å². The third-order valence-electron chi connectivity index (χ3n) is 14.0. The van der Waals surface area contributed by atoms with Crippen molar-refractivity contribution in [1.29, 1.82) is 0 Å². The number of hydrogen-bond acceptors (Lipinski definition) is 18. The van der Waals surface area contributed by atoms with Gasteiger partial charge in [0, 0.05) is 38.2 Å². The molecule has 0 bridgehead atoms. The van der Waals surface area contributed by atoms with E-state index in [0.717, 1.165) is 73.3 Å². The number of ether oxygens (including phenoxy) is 11. The number of amides is 2. The second-order valence-electron chi connectivity index (χ2n) is 24.6. The Hall–Kier alpha value is -8.94. The van der Waals surface area contributed by atoms with Crippen LogP contribution in [0, 0.1) is 6.92 Å². The van der Waals surface area contributed by atoms with Crippen molar-refractivity contribution in [2.75, 3.05) is 155 Å². The van der Waals surface area contributed by atoms with Crippen LogP contribution in [-0.2, 0) is 52.2 Å². The Labute approximate surface area is 602 Å². The Kier molecular flexibility index (Phi) is 38.2. The topological polar surface area (TPSA) is 218 Å². The van der Waals surface area contributed by atoms with Gasteiger partial charge in [0.1, 0.15) is 54.9 Å². The lowest BCUT2D eigenvalue weighted by molar-refractivity contribution is 0.0247. The predicted octanol–water partition coefficient (Wildman–Crippen LogP) is 15.3. The molecule has 2 N–H and O–H groups in total. The van der Waals surface area contributed by atoms with E-state index in [-0.39, 0.29) is 37.4 Å². The Morgan fingerprint density at radius 3 is 1.00 bits per heavy atom. The van der Waals surface area contributed by atoms with Crippen LogP contribution in [0.15, 0.2) is 175 Å². The van der Waals surface area contributed by atoms with Crippen LogP contribution < -0.4 is 29.3 Å². The SMILES string of the molecule is CN(C(=O)OC(C)(C)C)c1ccc(/C=C/c2ccc(OCCOCCOCCO)cc2)cc1.CNc1ccc(/C=C/c2ccc(OCCOCCOCC[18F])cc2)cc1.Cc1ccc(S(=O)(=O)OCCOCCOCCOc2ccc(/C=C/c3ccc(N(C)C(=O)OC(C)(C)C)cc3)cc2)cc1. The molecule has 7 aromatic rings. The van der Waals surface area contributed by atoms with Crippen molar-refractivity contribution in [3.05, 3.63) is 209 Å². The number of carbonyl (C=O) groups is 2. The smallest absolute Gasteiger partial charge is 0.414 e. The summed E-state index contributed by atoms with van der Waals surface area (Å²) in [5.74, 6) is 2.32. The van der Waals surface area contributed by atoms with E-state index < -0.39 is 34.1 Å². The largest absolute Gasteiger partial charge is 0.491 e. The van der Waals surface area contributed by atoms with Gasteiger partial charge in [-0.15, -0.1) is 0 Å². The van der Waals surface area contributed by atoms with Gasteiger partial charge in [0.2, 0.25) is 0 Å². The van der Waals surface area contributed by atoms with E-state index in [1.54, 1.807) is 26.2 Å². The summed E-state index contributed by atoms with van der Waals surface area (Å²) in [6.07, 6.45) is 11.4. The number of carbonyl (C=O) groups excluding carboxylic acids is 2. The molecule has 20 nitrogen and oxygen atoms in total. The second-order valence-corrected chi connectivity index (χ2v) is 26.2. The molecule has 0 radical (unpaired) electrons. The molecular formula is C80H102FN3O17S. The summed E-state index contributed by atoms with van der Waals surface area (Å²) in [5, 5.41) is 11.7. The fourth-order valence-corrected chi connectivity index (χ4v) is 9.46. The molecule has 0 heterocycles. The van der Waals surface area contributed by atoms with Crippen LogP contribution in [0.2, 0.25) is 0 Å². The van der Waals surface area contributed by atoms with Crippen molar-refractivity contribution in [3.63, 3.8) is 0 Å². The predicted molar refractivity (Wildman–Crippen MR) is 403 cm³/mol. The molecule has 0 unspecified atom stereocenters. The highest BCUT2D eigenvalue weighted by molar-refractivity contribution is 7.86. The van der Waals surface area contributed by atoms with E-state index in [1.807, 2.05) is 213 Å². The monoisotopic (exact) mass is 1430 g/mol. The number of aryl methyl sites for hydroxylation is 1. The van der Waals surface area contributed by atoms with Crippen molar-refractivity contribution in [2.24, 2.45) is 0 Å². The summed E-state index contributed by atoms with van der Waals surface area (Å²) in [6.45, 7) is 18.2. The molecule has 102 heavy (non-hydrogen) atoms. The molecule has 0 saturated carbocycles. The minimum atomic E-state index is -3.78. The lowest BCUT2D eigenvalue weighted by Gasteiger charge is -2.24. The van der Waals surface area contributed by atoms with Crippen molar-refractivity contribution in [2.45, 2.75) is 64.6 Å². The summed E-state index contributed by atoms with van der Waals surface area (Å²) >= 11 is 0. The maximum absolute atomic E-state index is 12.3. The molecule has 552 valence electrons. The zero-order chi connectivity index (χ0) is 73.9. The molecule has 0 aromatic heterocycles. The molecule has 0 atom stereocenters. The van der Waals surface area contributed by atoms with E-state index in [9.17, 15) is 22.4 Å². The molecule has 7 rings (SSSR count). The van der Waals surface area contributed by atoms with Crippen molar-refractivity contribution in [3.8, 4) is 17.2 Å². The number of rotatable bonds is 39. The molecule has 0 fully saturated rings. The number of benzene rings is 7. The van der Waals surface area contributed by atoms with Gasteiger partial charge in [0.25, 0.3) is 10.1 Å². The molecule has 0 saturated heterocycles. The fraction of sp³-hybridized carbons (Fsp3) is 0.375. The minimum Gasteiger partial charge on any atom is -0.491 e. The minimum absolute atomic E-state index is 0.0218. The van der Waals surface area contributed by atoms with Crippen LogP contribution in [-0.4, -0.2) is 177 Å². The molecule has 0 spiro atoms. The Balaban J connectivity index is 0.000000285. The highest BCUT2D eigenvalue weighted by Gasteiger charge is 2.22. The average molecular weight is 1430 g/mol. The Bertz CT molecular complexity index is 3660. The quantitative estimate of drug-likeness (QED) is 0.0208. The zero-order valence-electron chi connectivity index (χ0n) is 60.5. The van der Waals surface area contributed by atoms with Crippen LogP contribution >= 0.6 is 0 Å². The van der Waals surface area contributed by atoms with Crippen molar-refractivity contribution >= 4 is 75.8 Å². The third kappa shape index (κ3) is 35.6. The molecule has 22 heteroatoms. The van der Waals surface area contributed by atoms with Gasteiger partial charge in [0.15, 0.2) is 0 Å². The first-order valence-electron chi connectivity index (χ1n) is 33.8. The standard InChI is InChI=1S/C33H41NO8S.C26H35NO6.C21H26FNO3/c1-26-6-18-31(19-7-26)43(36,37)41-25-23-39-21-20-38-22-24-40-30-16-12-28(13-17-30)9-8-27-10-14-29(15-11-27)34(5)32(35)42-33(2,3)4;1-26(2,3)33-25(29)27(4)23-11-7-21(8-12-23)5-6-22-9-13-24(14-10-22)32-20-19-31-18-17-30-16-15-28;1-23-20-8-4-18(5-9-20)2-3-19-6-10-21(11-7-19)26-17-16-25-15-14-24-13-12-22/h6-19H,20-25H2,1-5H3;5-14,28H,15-20H2,1-4H3;2-11,23H,12-17H2,1H3/b9-8+;6-5+;3-2+/i;;22-1. The number of anilines is 3. The van der Waals surface area contributed by atoms with E-state index in [1.165, 1.54) is 21.9 Å². The summed E-state index contributed by atoms with van der Waals surface area (Å²) in [6, 6.07) is 53.5. The van der Waals surface area contributed by atoms with Crippen molar-refractivity contribution in [1.82, 2.24) is 0 Å². The Morgan fingerprint density at radius 1 is 0.412 bits per heavy atom. The van der Waals surface area contributed by atoms with Gasteiger partial charge in [-0.2, -0.15) is 8.42 Å². The van der Waals surface area contributed by atoms with Gasteiger partial charge < -0.3 is 62.5 Å². The summed E-state index contributed by atoms with van der Waals surface area (Å²) in [7, 11) is 1.51. The van der Waals surface area contributed by atoms with Crippen LogP contribution in [0.25, 0.3) is 36.5 Å². The Morgan fingerprint density at radius 2 is 0.696 bits per heavy atom. The van der Waals surface area contributed by atoms with Crippen molar-refractivity contribution < 1.29 is 83.8 Å². The summed E-state index contributed by atoms with van der Waals surface area (Å²) in [5.41, 5.74) is 8.87. The normalized spacial score (nSPS) is 11.6. The van der Waals surface area contributed by atoms with Gasteiger partial charge in [0.05, 0.1) is 97.4 Å². The molecule has 0 aliphatic rings.